The SMILES string of the molecule is O=C(C1CCN(S(=O)(=O)C=Cc2ccccc2)CC1)N1CCCC1c1ccc2c(c1)OCCCO2. The zero-order chi connectivity index (χ0) is 24.3. The molecule has 8 heteroatoms. The number of fused-ring (bicyclic) bond motifs is 1. The molecule has 2 aromatic carbocycles. The van der Waals surface area contributed by atoms with Crippen LogP contribution >= 0.6 is 0 Å². The topological polar surface area (TPSA) is 76.2 Å². The average molecular weight is 497 g/mol. The maximum absolute atomic E-state index is 13.5. The van der Waals surface area contributed by atoms with Crippen LogP contribution < -0.4 is 9.47 Å². The van der Waals surface area contributed by atoms with Crippen LogP contribution in [0.15, 0.2) is 53.9 Å². The zero-order valence-electron chi connectivity index (χ0n) is 19.8. The van der Waals surface area contributed by atoms with Crippen LogP contribution in [-0.2, 0) is 14.8 Å². The van der Waals surface area contributed by atoms with Gasteiger partial charge in [-0.1, -0.05) is 36.4 Å². The van der Waals surface area contributed by atoms with E-state index in [0.717, 1.165) is 48.4 Å². The van der Waals surface area contributed by atoms with Crippen LogP contribution in [0.1, 0.15) is 49.3 Å². The fourth-order valence-electron chi connectivity index (χ4n) is 5.17. The highest BCUT2D eigenvalue weighted by molar-refractivity contribution is 7.92. The first kappa shape index (κ1) is 23.9. The highest BCUT2D eigenvalue weighted by atomic mass is 32.2. The van der Waals surface area contributed by atoms with Gasteiger partial charge in [0.1, 0.15) is 0 Å². The number of carbonyl (C=O) groups excluding carboxylic acids is 1. The molecule has 35 heavy (non-hydrogen) atoms. The molecule has 0 aromatic heterocycles. The third-order valence-corrected chi connectivity index (χ3v) is 8.65. The van der Waals surface area contributed by atoms with E-state index in [0.29, 0.717) is 39.1 Å². The van der Waals surface area contributed by atoms with Gasteiger partial charge in [-0.05, 0) is 55.0 Å². The molecule has 0 aliphatic carbocycles. The molecule has 2 saturated heterocycles. The Bertz CT molecular complexity index is 1170. The van der Waals surface area contributed by atoms with Gasteiger partial charge in [-0.3, -0.25) is 4.79 Å². The van der Waals surface area contributed by atoms with E-state index in [1.54, 1.807) is 6.08 Å². The van der Waals surface area contributed by atoms with Crippen molar-refractivity contribution in [2.24, 2.45) is 5.92 Å². The number of hydrogen-bond acceptors (Lipinski definition) is 5. The second-order valence-corrected chi connectivity index (χ2v) is 11.2. The van der Waals surface area contributed by atoms with E-state index in [-0.39, 0.29) is 17.9 Å². The monoisotopic (exact) mass is 496 g/mol. The molecule has 0 spiro atoms. The number of nitrogens with zero attached hydrogens (tertiary/aromatic N) is 2. The van der Waals surface area contributed by atoms with Gasteiger partial charge in [0, 0.05) is 37.4 Å². The molecule has 2 fully saturated rings. The summed E-state index contributed by atoms with van der Waals surface area (Å²) in [5.41, 5.74) is 1.92. The summed E-state index contributed by atoms with van der Waals surface area (Å²) < 4.78 is 38.7. The summed E-state index contributed by atoms with van der Waals surface area (Å²) >= 11 is 0. The second-order valence-electron chi connectivity index (χ2n) is 9.38. The van der Waals surface area contributed by atoms with Gasteiger partial charge in [0.25, 0.3) is 0 Å². The lowest BCUT2D eigenvalue weighted by molar-refractivity contribution is -0.137. The first-order chi connectivity index (χ1) is 17.0. The second kappa shape index (κ2) is 10.4. The van der Waals surface area contributed by atoms with Crippen molar-refractivity contribution in [3.63, 3.8) is 0 Å². The van der Waals surface area contributed by atoms with E-state index in [4.69, 9.17) is 9.47 Å². The third-order valence-electron chi connectivity index (χ3n) is 7.09. The summed E-state index contributed by atoms with van der Waals surface area (Å²) in [7, 11) is -3.51. The van der Waals surface area contributed by atoms with E-state index >= 15 is 0 Å². The highest BCUT2D eigenvalue weighted by Crippen LogP contribution is 2.39. The van der Waals surface area contributed by atoms with Crippen LogP contribution in [0, 0.1) is 5.92 Å². The molecule has 1 atom stereocenters. The Morgan fingerprint density at radius 1 is 0.886 bits per heavy atom. The van der Waals surface area contributed by atoms with E-state index in [9.17, 15) is 13.2 Å². The summed E-state index contributed by atoms with van der Waals surface area (Å²) in [4.78, 5) is 15.5. The fourth-order valence-corrected chi connectivity index (χ4v) is 6.39. The lowest BCUT2D eigenvalue weighted by atomic mass is 9.95. The first-order valence-electron chi connectivity index (χ1n) is 12.4. The molecule has 3 aliphatic rings. The van der Waals surface area contributed by atoms with Gasteiger partial charge in [-0.2, -0.15) is 4.31 Å². The molecule has 2 aromatic rings. The molecule has 3 aliphatic heterocycles. The van der Waals surface area contributed by atoms with Gasteiger partial charge >= 0.3 is 0 Å². The number of piperidine rings is 1. The van der Waals surface area contributed by atoms with Crippen LogP contribution in [0.5, 0.6) is 11.5 Å². The van der Waals surface area contributed by atoms with Gasteiger partial charge in [0.05, 0.1) is 19.3 Å². The molecular formula is C27H32N2O5S. The highest BCUT2D eigenvalue weighted by Gasteiger charge is 2.37. The van der Waals surface area contributed by atoms with Crippen molar-refractivity contribution in [3.8, 4) is 11.5 Å². The minimum absolute atomic E-state index is 0.0234. The van der Waals surface area contributed by atoms with Crippen LogP contribution in [0.4, 0.5) is 0 Å². The molecule has 5 rings (SSSR count). The van der Waals surface area contributed by atoms with Crippen LogP contribution in [-0.4, -0.2) is 56.4 Å². The van der Waals surface area contributed by atoms with Gasteiger partial charge < -0.3 is 14.4 Å². The molecule has 3 heterocycles. The molecule has 0 radical (unpaired) electrons. The van der Waals surface area contributed by atoms with Crippen molar-refractivity contribution in [1.29, 1.82) is 0 Å². The number of amides is 1. The number of rotatable bonds is 5. The summed E-state index contributed by atoms with van der Waals surface area (Å²) in [6, 6.07) is 15.4. The fraction of sp³-hybridized carbons (Fsp3) is 0.444. The first-order valence-corrected chi connectivity index (χ1v) is 13.9. The van der Waals surface area contributed by atoms with E-state index in [1.165, 1.54) is 9.71 Å². The number of ether oxygens (including phenoxy) is 2. The predicted molar refractivity (Wildman–Crippen MR) is 134 cm³/mol. The predicted octanol–water partition coefficient (Wildman–Crippen LogP) is 4.22. The van der Waals surface area contributed by atoms with Crippen molar-refractivity contribution >= 4 is 22.0 Å². The molecule has 0 saturated carbocycles. The van der Waals surface area contributed by atoms with Gasteiger partial charge in [0.2, 0.25) is 15.9 Å². The Morgan fingerprint density at radius 2 is 1.63 bits per heavy atom. The maximum Gasteiger partial charge on any atom is 0.236 e. The largest absolute Gasteiger partial charge is 0.490 e. The number of carbonyl (C=O) groups is 1. The van der Waals surface area contributed by atoms with Crippen molar-refractivity contribution < 1.29 is 22.7 Å². The summed E-state index contributed by atoms with van der Waals surface area (Å²) in [5, 5.41) is 1.27. The van der Waals surface area contributed by atoms with Crippen LogP contribution in [0.2, 0.25) is 0 Å². The molecule has 0 bridgehead atoms. The van der Waals surface area contributed by atoms with Crippen molar-refractivity contribution in [3.05, 3.63) is 65.1 Å². The standard InChI is InChI=1S/C27H32N2O5S/c30-27(22-11-15-28(16-12-22)35(31,32)19-13-21-6-2-1-3-7-21)29-14-4-8-24(29)23-9-10-25-26(20-23)34-18-5-17-33-25/h1-3,6-7,9-10,13,19-20,22,24H,4-5,8,11-12,14-18H2. The summed E-state index contributed by atoms with van der Waals surface area (Å²) in [6.45, 7) is 2.74. The summed E-state index contributed by atoms with van der Waals surface area (Å²) in [6.07, 6.45) is 5.44. The minimum Gasteiger partial charge on any atom is -0.490 e. The third kappa shape index (κ3) is 5.38. The Morgan fingerprint density at radius 3 is 2.40 bits per heavy atom. The van der Waals surface area contributed by atoms with E-state index < -0.39 is 10.0 Å². The lowest BCUT2D eigenvalue weighted by Crippen LogP contribution is -2.43. The van der Waals surface area contributed by atoms with E-state index in [2.05, 4.69) is 0 Å². The molecule has 1 amide bonds. The zero-order valence-corrected chi connectivity index (χ0v) is 20.7. The smallest absolute Gasteiger partial charge is 0.236 e. The Balaban J connectivity index is 1.22. The average Bonchev–Trinajstić information content (AvgIpc) is 3.26. The number of hydrogen-bond donors (Lipinski definition) is 0. The Kier molecular flexibility index (Phi) is 7.11. The van der Waals surface area contributed by atoms with E-state index in [1.807, 2.05) is 53.4 Å². The van der Waals surface area contributed by atoms with Gasteiger partial charge in [-0.25, -0.2) is 8.42 Å². The van der Waals surface area contributed by atoms with Crippen molar-refractivity contribution in [2.75, 3.05) is 32.8 Å². The number of benzene rings is 2. The van der Waals surface area contributed by atoms with Crippen LogP contribution in [0.25, 0.3) is 6.08 Å². The number of likely N-dealkylation sites (tertiary alicyclic amines) is 1. The molecular weight excluding hydrogens is 464 g/mol. The Hall–Kier alpha value is -2.84. The summed E-state index contributed by atoms with van der Waals surface area (Å²) in [5.74, 6) is 1.50. The molecule has 186 valence electrons. The van der Waals surface area contributed by atoms with Gasteiger partial charge in [0.15, 0.2) is 11.5 Å². The van der Waals surface area contributed by atoms with Crippen LogP contribution in [0.3, 0.4) is 0 Å². The van der Waals surface area contributed by atoms with Crippen molar-refractivity contribution in [2.45, 2.75) is 38.1 Å². The quantitative estimate of drug-likeness (QED) is 0.619. The minimum atomic E-state index is -3.51. The molecule has 7 nitrogen and oxygen atoms in total. The lowest BCUT2D eigenvalue weighted by Gasteiger charge is -2.34. The van der Waals surface area contributed by atoms with Crippen molar-refractivity contribution in [1.82, 2.24) is 9.21 Å². The number of sulfonamides is 1. The molecule has 0 N–H and O–H groups in total. The Labute approximate surface area is 207 Å². The van der Waals surface area contributed by atoms with Gasteiger partial charge in [-0.15, -0.1) is 0 Å². The molecule has 1 unspecified atom stereocenters. The normalized spacial score (nSPS) is 21.8. The maximum atomic E-state index is 13.5.